The van der Waals surface area contributed by atoms with Crippen LogP contribution in [0.4, 0.5) is 5.69 Å². The van der Waals surface area contributed by atoms with Crippen LogP contribution in [0.1, 0.15) is 18.9 Å². The van der Waals surface area contributed by atoms with Gasteiger partial charge in [-0.25, -0.2) is 0 Å². The summed E-state index contributed by atoms with van der Waals surface area (Å²) in [6, 6.07) is 8.06. The Hall–Kier alpha value is -0.910. The third-order valence-corrected chi connectivity index (χ3v) is 4.44. The third kappa shape index (κ3) is 4.58. The standard InChI is InChI=1S/C15H21BrN2O2/c1-2-14(16)15(19)17-13-5-3-12(4-6-13)11-18-7-9-20-10-8-18/h3-6,14H,2,7-11H2,1H3,(H,17,19). The van der Waals surface area contributed by atoms with E-state index in [4.69, 9.17) is 4.74 Å². The summed E-state index contributed by atoms with van der Waals surface area (Å²) in [6.45, 7) is 6.52. The lowest BCUT2D eigenvalue weighted by Gasteiger charge is -2.26. The molecule has 110 valence electrons. The minimum atomic E-state index is -0.129. The number of halogens is 1. The van der Waals surface area contributed by atoms with E-state index in [-0.39, 0.29) is 10.7 Å². The summed E-state index contributed by atoms with van der Waals surface area (Å²) in [5, 5.41) is 2.90. The molecule has 4 nitrogen and oxygen atoms in total. The summed E-state index contributed by atoms with van der Waals surface area (Å²) < 4.78 is 5.34. The predicted octanol–water partition coefficient (Wildman–Crippen LogP) is 2.63. The van der Waals surface area contributed by atoms with Crippen molar-refractivity contribution in [2.75, 3.05) is 31.6 Å². The van der Waals surface area contributed by atoms with Crippen molar-refractivity contribution in [3.05, 3.63) is 29.8 Å². The Morgan fingerprint density at radius 2 is 2.00 bits per heavy atom. The molecular weight excluding hydrogens is 320 g/mol. The average Bonchev–Trinajstić information content (AvgIpc) is 2.49. The molecule has 1 aliphatic heterocycles. The fraction of sp³-hybridized carbons (Fsp3) is 0.533. The Morgan fingerprint density at radius 1 is 1.35 bits per heavy atom. The van der Waals surface area contributed by atoms with Crippen LogP contribution in [0.15, 0.2) is 24.3 Å². The molecule has 0 bridgehead atoms. The first-order valence-corrected chi connectivity index (χ1v) is 7.94. The fourth-order valence-corrected chi connectivity index (χ4v) is 2.23. The average molecular weight is 341 g/mol. The Bertz CT molecular complexity index is 430. The van der Waals surface area contributed by atoms with Gasteiger partial charge in [-0.2, -0.15) is 0 Å². The molecule has 20 heavy (non-hydrogen) atoms. The number of hydrogen-bond acceptors (Lipinski definition) is 3. The number of carbonyl (C=O) groups excluding carboxylic acids is 1. The Labute approximate surface area is 128 Å². The molecule has 0 radical (unpaired) electrons. The van der Waals surface area contributed by atoms with Crippen LogP contribution in [-0.4, -0.2) is 41.9 Å². The van der Waals surface area contributed by atoms with Crippen molar-refractivity contribution < 1.29 is 9.53 Å². The van der Waals surface area contributed by atoms with Crippen molar-refractivity contribution in [3.8, 4) is 0 Å². The van der Waals surface area contributed by atoms with Crippen LogP contribution in [0, 0.1) is 0 Å². The second-order valence-corrected chi connectivity index (χ2v) is 6.06. The van der Waals surface area contributed by atoms with Gasteiger partial charge in [0.15, 0.2) is 0 Å². The summed E-state index contributed by atoms with van der Waals surface area (Å²) in [7, 11) is 0. The molecule has 0 aliphatic carbocycles. The molecule has 1 aliphatic rings. The highest BCUT2D eigenvalue weighted by atomic mass is 79.9. The summed E-state index contributed by atoms with van der Waals surface area (Å²) in [5.74, 6) is 0.00780. The molecule has 1 fully saturated rings. The molecule has 1 N–H and O–H groups in total. The molecule has 1 aromatic carbocycles. The van der Waals surface area contributed by atoms with Crippen molar-refractivity contribution in [1.82, 2.24) is 4.90 Å². The highest BCUT2D eigenvalue weighted by molar-refractivity contribution is 9.10. The molecule has 1 aromatic rings. The number of anilines is 1. The number of carbonyl (C=O) groups is 1. The van der Waals surface area contributed by atoms with E-state index in [1.54, 1.807) is 0 Å². The van der Waals surface area contributed by atoms with Crippen molar-refractivity contribution in [2.24, 2.45) is 0 Å². The molecule has 1 unspecified atom stereocenters. The lowest BCUT2D eigenvalue weighted by molar-refractivity contribution is -0.115. The van der Waals surface area contributed by atoms with Gasteiger partial charge in [0.25, 0.3) is 0 Å². The quantitative estimate of drug-likeness (QED) is 0.837. The van der Waals surface area contributed by atoms with Crippen molar-refractivity contribution in [2.45, 2.75) is 24.7 Å². The zero-order valence-electron chi connectivity index (χ0n) is 11.8. The molecular formula is C15H21BrN2O2. The van der Waals surface area contributed by atoms with E-state index in [9.17, 15) is 4.79 Å². The second-order valence-electron chi connectivity index (χ2n) is 4.95. The number of hydrogen-bond donors (Lipinski definition) is 1. The largest absolute Gasteiger partial charge is 0.379 e. The van der Waals surface area contributed by atoms with Gasteiger partial charge < -0.3 is 10.1 Å². The Morgan fingerprint density at radius 3 is 2.60 bits per heavy atom. The monoisotopic (exact) mass is 340 g/mol. The normalized spacial score (nSPS) is 17.7. The molecule has 2 rings (SSSR count). The van der Waals surface area contributed by atoms with Gasteiger partial charge in [-0.15, -0.1) is 0 Å². The van der Waals surface area contributed by atoms with Gasteiger partial charge in [0.05, 0.1) is 18.0 Å². The molecule has 1 atom stereocenters. The van der Waals surface area contributed by atoms with E-state index in [0.29, 0.717) is 0 Å². The lowest BCUT2D eigenvalue weighted by Crippen LogP contribution is -2.35. The summed E-state index contributed by atoms with van der Waals surface area (Å²) in [5.41, 5.74) is 2.11. The smallest absolute Gasteiger partial charge is 0.238 e. The van der Waals surface area contributed by atoms with E-state index in [0.717, 1.165) is 45.0 Å². The van der Waals surface area contributed by atoms with Crippen molar-refractivity contribution in [3.63, 3.8) is 0 Å². The first-order chi connectivity index (χ1) is 9.69. The molecule has 5 heteroatoms. The van der Waals surface area contributed by atoms with Crippen LogP contribution in [0.25, 0.3) is 0 Å². The topological polar surface area (TPSA) is 41.6 Å². The molecule has 1 heterocycles. The molecule has 1 amide bonds. The van der Waals surface area contributed by atoms with E-state index in [1.165, 1.54) is 5.56 Å². The summed E-state index contributed by atoms with van der Waals surface area (Å²) in [6.07, 6.45) is 0.779. The number of ether oxygens (including phenoxy) is 1. The second kappa shape index (κ2) is 7.76. The number of rotatable bonds is 5. The van der Waals surface area contributed by atoms with Gasteiger partial charge in [0, 0.05) is 25.3 Å². The molecule has 1 saturated heterocycles. The lowest BCUT2D eigenvalue weighted by atomic mass is 10.2. The maximum Gasteiger partial charge on any atom is 0.238 e. The number of alkyl halides is 1. The van der Waals surface area contributed by atoms with Crippen LogP contribution in [0.3, 0.4) is 0 Å². The van der Waals surface area contributed by atoms with Gasteiger partial charge in [0.1, 0.15) is 0 Å². The fourth-order valence-electron chi connectivity index (χ4n) is 2.12. The van der Waals surface area contributed by atoms with Crippen molar-refractivity contribution >= 4 is 27.5 Å². The highest BCUT2D eigenvalue weighted by Gasteiger charge is 2.13. The first-order valence-electron chi connectivity index (χ1n) is 7.03. The maximum absolute atomic E-state index is 11.8. The Balaban J connectivity index is 1.87. The molecule has 0 saturated carbocycles. The summed E-state index contributed by atoms with van der Waals surface area (Å²) in [4.78, 5) is 14.0. The number of benzene rings is 1. The number of nitrogens with one attached hydrogen (secondary N) is 1. The van der Waals surface area contributed by atoms with Crippen LogP contribution in [0.2, 0.25) is 0 Å². The minimum absolute atomic E-state index is 0.00780. The van der Waals surface area contributed by atoms with E-state index in [2.05, 4.69) is 38.3 Å². The number of morpholine rings is 1. The van der Waals surface area contributed by atoms with Gasteiger partial charge >= 0.3 is 0 Å². The van der Waals surface area contributed by atoms with Crippen LogP contribution in [-0.2, 0) is 16.1 Å². The zero-order chi connectivity index (χ0) is 14.4. The Kier molecular flexibility index (Phi) is 6.01. The SMILES string of the molecule is CCC(Br)C(=O)Nc1ccc(CN2CCOCC2)cc1. The van der Waals surface area contributed by atoms with E-state index in [1.807, 2.05) is 19.1 Å². The first kappa shape index (κ1) is 15.5. The predicted molar refractivity (Wildman–Crippen MR) is 84.2 cm³/mol. The zero-order valence-corrected chi connectivity index (χ0v) is 13.4. The summed E-state index contributed by atoms with van der Waals surface area (Å²) >= 11 is 3.35. The molecule has 0 aromatic heterocycles. The highest BCUT2D eigenvalue weighted by Crippen LogP contribution is 2.14. The van der Waals surface area contributed by atoms with Crippen molar-refractivity contribution in [1.29, 1.82) is 0 Å². The van der Waals surface area contributed by atoms with Crippen LogP contribution in [0.5, 0.6) is 0 Å². The van der Waals surface area contributed by atoms with Gasteiger partial charge in [-0.1, -0.05) is 35.0 Å². The molecule has 0 spiro atoms. The van der Waals surface area contributed by atoms with Crippen LogP contribution >= 0.6 is 15.9 Å². The van der Waals surface area contributed by atoms with Gasteiger partial charge in [-0.3, -0.25) is 9.69 Å². The number of nitrogens with zero attached hydrogens (tertiary/aromatic N) is 1. The van der Waals surface area contributed by atoms with Gasteiger partial charge in [-0.05, 0) is 24.1 Å². The van der Waals surface area contributed by atoms with E-state index < -0.39 is 0 Å². The third-order valence-electron chi connectivity index (χ3n) is 3.37. The number of amides is 1. The van der Waals surface area contributed by atoms with Crippen LogP contribution < -0.4 is 5.32 Å². The van der Waals surface area contributed by atoms with Gasteiger partial charge in [0.2, 0.25) is 5.91 Å². The minimum Gasteiger partial charge on any atom is -0.379 e. The van der Waals surface area contributed by atoms with E-state index >= 15 is 0 Å². The maximum atomic E-state index is 11.8.